The third-order valence-corrected chi connectivity index (χ3v) is 6.14. The van der Waals surface area contributed by atoms with Crippen LogP contribution >= 0.6 is 0 Å². The number of para-hydroxylation sites is 1. The van der Waals surface area contributed by atoms with Crippen LogP contribution in [-0.4, -0.2) is 33.8 Å². The Kier molecular flexibility index (Phi) is 5.53. The molecule has 0 aliphatic carbocycles. The Bertz CT molecular complexity index is 1410. The summed E-state index contributed by atoms with van der Waals surface area (Å²) in [5.74, 6) is 0.524. The van der Waals surface area contributed by atoms with E-state index in [1.54, 1.807) is 36.4 Å². The van der Waals surface area contributed by atoms with Crippen molar-refractivity contribution >= 4 is 32.0 Å². The van der Waals surface area contributed by atoms with Gasteiger partial charge in [0.25, 0.3) is 0 Å². The highest BCUT2D eigenvalue weighted by Crippen LogP contribution is 2.30. The zero-order valence-electron chi connectivity index (χ0n) is 16.5. The van der Waals surface area contributed by atoms with Crippen LogP contribution in [0.2, 0.25) is 0 Å². The number of fused-ring (bicyclic) bond motifs is 2. The number of rotatable bonds is 7. The van der Waals surface area contributed by atoms with E-state index in [1.807, 2.05) is 0 Å². The Morgan fingerprint density at radius 1 is 1.00 bits per heavy atom. The molecule has 31 heavy (non-hydrogen) atoms. The normalized spacial score (nSPS) is 11.6. The Hall–Kier alpha value is -3.56. The van der Waals surface area contributed by atoms with Crippen LogP contribution in [-0.2, 0) is 10.0 Å². The number of aromatic hydroxyl groups is 1. The molecule has 0 saturated heterocycles. The predicted molar refractivity (Wildman–Crippen MR) is 115 cm³/mol. The van der Waals surface area contributed by atoms with Gasteiger partial charge in [-0.2, -0.15) is 0 Å². The summed E-state index contributed by atoms with van der Waals surface area (Å²) in [6, 6.07) is 15.5. The minimum Gasteiger partial charge on any atom is -0.507 e. The van der Waals surface area contributed by atoms with Crippen molar-refractivity contribution in [2.24, 2.45) is 0 Å². The van der Waals surface area contributed by atoms with Gasteiger partial charge in [-0.15, -0.1) is 0 Å². The second-order valence-electron chi connectivity index (χ2n) is 6.66. The largest absolute Gasteiger partial charge is 0.507 e. The number of sulfonamides is 1. The number of hydrogen-bond acceptors (Lipinski definition) is 7. The first-order valence-electron chi connectivity index (χ1n) is 9.34. The van der Waals surface area contributed by atoms with Gasteiger partial charge in [-0.3, -0.25) is 4.79 Å². The molecule has 0 atom stereocenters. The van der Waals surface area contributed by atoms with Crippen molar-refractivity contribution in [2.75, 3.05) is 20.3 Å². The summed E-state index contributed by atoms with van der Waals surface area (Å²) in [7, 11) is -2.21. The predicted octanol–water partition coefficient (Wildman–Crippen LogP) is 3.02. The van der Waals surface area contributed by atoms with E-state index in [2.05, 4.69) is 4.72 Å². The molecule has 4 rings (SSSR count). The maximum absolute atomic E-state index is 12.6. The Balaban J connectivity index is 1.47. The summed E-state index contributed by atoms with van der Waals surface area (Å²) in [6.45, 7) is -0.00697. The van der Waals surface area contributed by atoms with Crippen LogP contribution in [0.5, 0.6) is 17.2 Å². The van der Waals surface area contributed by atoms with E-state index in [-0.39, 0.29) is 45.9 Å². The summed E-state index contributed by atoms with van der Waals surface area (Å²) in [4.78, 5) is 12.7. The summed E-state index contributed by atoms with van der Waals surface area (Å²) in [6.07, 6.45) is 0. The molecule has 1 heterocycles. The van der Waals surface area contributed by atoms with Crippen molar-refractivity contribution in [3.8, 4) is 17.2 Å². The summed E-state index contributed by atoms with van der Waals surface area (Å²) >= 11 is 0. The standard InChI is InChI=1S/C22H19NO7S/c1-28-14-6-8-16(9-7-14)31(26,27)23-10-11-29-15-12-18(24)21-20(13-15)30-19-5-3-2-4-17(19)22(21)25/h2-9,12-13,23-24H,10-11H2,1H3. The van der Waals surface area contributed by atoms with E-state index >= 15 is 0 Å². The average molecular weight is 441 g/mol. The third-order valence-electron chi connectivity index (χ3n) is 4.67. The molecule has 160 valence electrons. The van der Waals surface area contributed by atoms with E-state index in [1.165, 1.54) is 31.4 Å². The SMILES string of the molecule is COc1ccc(S(=O)(=O)NCCOc2cc(O)c3c(=O)c4ccccc4oc3c2)cc1. The highest BCUT2D eigenvalue weighted by molar-refractivity contribution is 7.89. The van der Waals surface area contributed by atoms with Crippen LogP contribution < -0.4 is 19.6 Å². The smallest absolute Gasteiger partial charge is 0.240 e. The Morgan fingerprint density at radius 2 is 1.74 bits per heavy atom. The van der Waals surface area contributed by atoms with Crippen LogP contribution in [0.3, 0.4) is 0 Å². The van der Waals surface area contributed by atoms with Gasteiger partial charge in [0.1, 0.15) is 40.4 Å². The summed E-state index contributed by atoms with van der Waals surface area (Å²) < 4.78 is 43.4. The molecule has 2 N–H and O–H groups in total. The van der Waals surface area contributed by atoms with Gasteiger partial charge < -0.3 is 19.0 Å². The van der Waals surface area contributed by atoms with Crippen molar-refractivity contribution in [1.82, 2.24) is 4.72 Å². The maximum atomic E-state index is 12.6. The Labute approximate surface area is 177 Å². The molecule has 0 unspecified atom stereocenters. The van der Waals surface area contributed by atoms with Gasteiger partial charge in [0.05, 0.1) is 17.4 Å². The number of phenolic OH excluding ortho intramolecular Hbond substituents is 1. The fourth-order valence-electron chi connectivity index (χ4n) is 3.15. The van der Waals surface area contributed by atoms with Crippen LogP contribution in [0.4, 0.5) is 0 Å². The van der Waals surface area contributed by atoms with Gasteiger partial charge in [-0.25, -0.2) is 13.1 Å². The van der Waals surface area contributed by atoms with E-state index in [0.717, 1.165) is 0 Å². The maximum Gasteiger partial charge on any atom is 0.240 e. The van der Waals surface area contributed by atoms with Crippen LogP contribution in [0.1, 0.15) is 0 Å². The second kappa shape index (κ2) is 8.29. The first-order valence-corrected chi connectivity index (χ1v) is 10.8. The van der Waals surface area contributed by atoms with Gasteiger partial charge in [-0.1, -0.05) is 12.1 Å². The van der Waals surface area contributed by atoms with Crippen molar-refractivity contribution in [2.45, 2.75) is 4.90 Å². The summed E-state index contributed by atoms with van der Waals surface area (Å²) in [5.41, 5.74) is 0.231. The van der Waals surface area contributed by atoms with Gasteiger partial charge >= 0.3 is 0 Å². The molecule has 0 amide bonds. The molecule has 0 fully saturated rings. The molecule has 8 nitrogen and oxygen atoms in total. The third kappa shape index (κ3) is 4.18. The average Bonchev–Trinajstić information content (AvgIpc) is 2.76. The zero-order chi connectivity index (χ0) is 22.0. The minimum atomic E-state index is -3.71. The molecular weight excluding hydrogens is 422 g/mol. The van der Waals surface area contributed by atoms with Crippen LogP contribution in [0.25, 0.3) is 21.9 Å². The Morgan fingerprint density at radius 3 is 2.48 bits per heavy atom. The first kappa shape index (κ1) is 20.7. The zero-order valence-corrected chi connectivity index (χ0v) is 17.3. The number of ether oxygens (including phenoxy) is 2. The minimum absolute atomic E-state index is 0.00184. The molecular formula is C22H19NO7S. The van der Waals surface area contributed by atoms with Crippen molar-refractivity contribution < 1.29 is 27.4 Å². The van der Waals surface area contributed by atoms with Gasteiger partial charge in [-0.05, 0) is 36.4 Å². The molecule has 3 aromatic carbocycles. The number of hydrogen-bond donors (Lipinski definition) is 2. The lowest BCUT2D eigenvalue weighted by molar-refractivity contribution is 0.321. The van der Waals surface area contributed by atoms with E-state index < -0.39 is 10.0 Å². The molecule has 0 bridgehead atoms. The van der Waals surface area contributed by atoms with Crippen LogP contribution in [0.15, 0.2) is 74.8 Å². The molecule has 0 radical (unpaired) electrons. The molecule has 1 aromatic heterocycles. The highest BCUT2D eigenvalue weighted by Gasteiger charge is 2.15. The van der Waals surface area contributed by atoms with E-state index in [4.69, 9.17) is 13.9 Å². The monoisotopic (exact) mass is 441 g/mol. The lowest BCUT2D eigenvalue weighted by Crippen LogP contribution is -2.28. The number of nitrogens with one attached hydrogen (secondary N) is 1. The molecule has 0 saturated carbocycles. The highest BCUT2D eigenvalue weighted by atomic mass is 32.2. The van der Waals surface area contributed by atoms with Gasteiger partial charge in [0, 0.05) is 18.7 Å². The quantitative estimate of drug-likeness (QED) is 0.335. The molecule has 9 heteroatoms. The van der Waals surface area contributed by atoms with Crippen molar-refractivity contribution in [3.63, 3.8) is 0 Å². The topological polar surface area (TPSA) is 115 Å². The number of phenols is 1. The van der Waals surface area contributed by atoms with Gasteiger partial charge in [0.15, 0.2) is 0 Å². The van der Waals surface area contributed by atoms with Crippen molar-refractivity contribution in [1.29, 1.82) is 0 Å². The molecule has 0 aliphatic rings. The fourth-order valence-corrected chi connectivity index (χ4v) is 4.16. The lowest BCUT2D eigenvalue weighted by atomic mass is 10.1. The number of methoxy groups -OCH3 is 1. The summed E-state index contributed by atoms with van der Waals surface area (Å²) in [5, 5.41) is 10.7. The fraction of sp³-hybridized carbons (Fsp3) is 0.136. The molecule has 0 aliphatic heterocycles. The van der Waals surface area contributed by atoms with Crippen LogP contribution in [0, 0.1) is 0 Å². The molecule has 4 aromatic rings. The van der Waals surface area contributed by atoms with Gasteiger partial charge in [0.2, 0.25) is 15.5 Å². The molecule has 0 spiro atoms. The van der Waals surface area contributed by atoms with Crippen molar-refractivity contribution in [3.05, 3.63) is 70.9 Å². The number of benzene rings is 3. The van der Waals surface area contributed by atoms with E-state index in [0.29, 0.717) is 16.7 Å². The van der Waals surface area contributed by atoms with E-state index in [9.17, 15) is 18.3 Å². The first-order chi connectivity index (χ1) is 14.9. The lowest BCUT2D eigenvalue weighted by Gasteiger charge is -2.10. The second-order valence-corrected chi connectivity index (χ2v) is 8.43.